The molecule has 2 aromatic rings. The van der Waals surface area contributed by atoms with E-state index in [-0.39, 0.29) is 11.4 Å². The van der Waals surface area contributed by atoms with Crippen molar-refractivity contribution in [3.63, 3.8) is 0 Å². The second-order valence-electron chi connectivity index (χ2n) is 7.99. The van der Waals surface area contributed by atoms with E-state index in [1.54, 1.807) is 6.92 Å². The van der Waals surface area contributed by atoms with Gasteiger partial charge in [0.1, 0.15) is 0 Å². The molecule has 2 aliphatic heterocycles. The average molecular weight is 379 g/mol. The molecule has 1 amide bonds. The zero-order valence-corrected chi connectivity index (χ0v) is 16.8. The van der Waals surface area contributed by atoms with Crippen molar-refractivity contribution in [1.82, 2.24) is 9.80 Å². The van der Waals surface area contributed by atoms with Crippen LogP contribution in [0.15, 0.2) is 54.6 Å². The lowest BCUT2D eigenvalue weighted by Gasteiger charge is -2.52. The molecule has 1 fully saturated rings. The highest BCUT2D eigenvalue weighted by molar-refractivity contribution is 5.75. The van der Waals surface area contributed by atoms with Crippen molar-refractivity contribution in [2.45, 2.75) is 38.3 Å². The molecule has 1 saturated heterocycles. The molecule has 4 rings (SSSR count). The Morgan fingerprint density at radius 1 is 1.00 bits per heavy atom. The Morgan fingerprint density at radius 2 is 1.71 bits per heavy atom. The van der Waals surface area contributed by atoms with Crippen molar-refractivity contribution < 1.29 is 9.53 Å². The van der Waals surface area contributed by atoms with Gasteiger partial charge in [-0.15, -0.1) is 0 Å². The van der Waals surface area contributed by atoms with Gasteiger partial charge in [0.05, 0.1) is 18.8 Å². The van der Waals surface area contributed by atoms with Gasteiger partial charge in [0, 0.05) is 33.1 Å². The third-order valence-electron chi connectivity index (χ3n) is 6.37. The number of hydrogen-bond acceptors (Lipinski definition) is 3. The molecule has 0 aliphatic carbocycles. The Hall–Kier alpha value is -2.17. The van der Waals surface area contributed by atoms with Crippen LogP contribution in [0.3, 0.4) is 0 Å². The number of piperidine rings is 1. The molecule has 2 aliphatic rings. The van der Waals surface area contributed by atoms with Gasteiger partial charge in [-0.05, 0) is 36.0 Å². The average Bonchev–Trinajstić information content (AvgIpc) is 2.73. The summed E-state index contributed by atoms with van der Waals surface area (Å²) in [6.07, 6.45) is 2.97. The van der Waals surface area contributed by atoms with Gasteiger partial charge in [0.25, 0.3) is 0 Å². The highest BCUT2D eigenvalue weighted by Gasteiger charge is 2.45. The zero-order valence-electron chi connectivity index (χ0n) is 16.8. The number of nitrogens with zero attached hydrogens (tertiary/aromatic N) is 2. The molecule has 2 heterocycles. The Balaban J connectivity index is 1.36. The number of carbonyl (C=O) groups excluding carboxylic acids is 1. The van der Waals surface area contributed by atoms with E-state index in [9.17, 15) is 4.79 Å². The van der Waals surface area contributed by atoms with Gasteiger partial charge in [0.15, 0.2) is 0 Å². The van der Waals surface area contributed by atoms with Gasteiger partial charge in [-0.25, -0.2) is 0 Å². The van der Waals surface area contributed by atoms with Crippen molar-refractivity contribution in [3.8, 4) is 0 Å². The summed E-state index contributed by atoms with van der Waals surface area (Å²) in [4.78, 5) is 17.0. The van der Waals surface area contributed by atoms with Crippen LogP contribution in [0.2, 0.25) is 0 Å². The third-order valence-corrected chi connectivity index (χ3v) is 6.37. The Labute approximate surface area is 168 Å². The molecule has 0 atom stereocenters. The normalized spacial score (nSPS) is 18.8. The summed E-state index contributed by atoms with van der Waals surface area (Å²) in [6.45, 7) is 6.94. The van der Waals surface area contributed by atoms with Crippen LogP contribution in [0.1, 0.15) is 36.5 Å². The lowest BCUT2D eigenvalue weighted by atomic mass is 9.74. The summed E-state index contributed by atoms with van der Waals surface area (Å²) < 4.78 is 5.87. The zero-order chi connectivity index (χ0) is 19.4. The fourth-order valence-electron chi connectivity index (χ4n) is 4.89. The smallest absolute Gasteiger partial charge is 0.220 e. The maximum Gasteiger partial charge on any atom is 0.220 e. The van der Waals surface area contributed by atoms with Crippen LogP contribution in [0, 0.1) is 0 Å². The topological polar surface area (TPSA) is 32.8 Å². The van der Waals surface area contributed by atoms with E-state index in [0.717, 1.165) is 52.0 Å². The number of hydrogen-bond donors (Lipinski definition) is 0. The van der Waals surface area contributed by atoms with E-state index in [2.05, 4.69) is 46.2 Å². The standard InChI is InChI=1S/C24H30N2O2/c1-20(27)26-14-11-22-9-5-6-10-23(22)24(26)12-15-25(16-13-24)17-18-28-19-21-7-3-2-4-8-21/h2-10H,11-19H2,1H3. The minimum atomic E-state index is -0.123. The Bertz CT molecular complexity index is 797. The summed E-state index contributed by atoms with van der Waals surface area (Å²) >= 11 is 0. The maximum atomic E-state index is 12.4. The third kappa shape index (κ3) is 3.85. The quantitative estimate of drug-likeness (QED) is 0.746. The van der Waals surface area contributed by atoms with Crippen molar-refractivity contribution >= 4 is 5.91 Å². The van der Waals surface area contributed by atoms with Crippen molar-refractivity contribution in [1.29, 1.82) is 0 Å². The number of benzene rings is 2. The molecule has 0 aromatic heterocycles. The van der Waals surface area contributed by atoms with Crippen LogP contribution in [0.4, 0.5) is 0 Å². The number of likely N-dealkylation sites (tertiary alicyclic amines) is 1. The predicted octanol–water partition coefficient (Wildman–Crippen LogP) is 3.60. The fraction of sp³-hybridized carbons (Fsp3) is 0.458. The number of rotatable bonds is 5. The fourth-order valence-corrected chi connectivity index (χ4v) is 4.89. The van der Waals surface area contributed by atoms with Gasteiger partial charge in [-0.3, -0.25) is 4.79 Å². The van der Waals surface area contributed by atoms with Crippen LogP contribution < -0.4 is 0 Å². The number of carbonyl (C=O) groups is 1. The van der Waals surface area contributed by atoms with Gasteiger partial charge in [0.2, 0.25) is 5.91 Å². The first kappa shape index (κ1) is 19.2. The van der Waals surface area contributed by atoms with Crippen molar-refractivity contribution in [3.05, 3.63) is 71.3 Å². The first-order chi connectivity index (χ1) is 13.7. The largest absolute Gasteiger partial charge is 0.375 e. The minimum Gasteiger partial charge on any atom is -0.375 e. The summed E-state index contributed by atoms with van der Waals surface area (Å²) in [7, 11) is 0. The molecule has 0 radical (unpaired) electrons. The molecule has 4 nitrogen and oxygen atoms in total. The molecule has 4 heteroatoms. The van der Waals surface area contributed by atoms with Crippen LogP contribution in [0.25, 0.3) is 0 Å². The highest BCUT2D eigenvalue weighted by Crippen LogP contribution is 2.43. The molecule has 28 heavy (non-hydrogen) atoms. The molecule has 1 spiro atoms. The van der Waals surface area contributed by atoms with E-state index in [0.29, 0.717) is 6.61 Å². The number of amides is 1. The van der Waals surface area contributed by atoms with E-state index in [4.69, 9.17) is 4.74 Å². The SMILES string of the molecule is CC(=O)N1CCc2ccccc2C12CCN(CCOCc1ccccc1)CC2. The van der Waals surface area contributed by atoms with Crippen LogP contribution in [-0.2, 0) is 28.1 Å². The predicted molar refractivity (Wildman–Crippen MR) is 111 cm³/mol. The highest BCUT2D eigenvalue weighted by atomic mass is 16.5. The first-order valence-corrected chi connectivity index (χ1v) is 10.4. The van der Waals surface area contributed by atoms with Crippen LogP contribution >= 0.6 is 0 Å². The molecule has 148 valence electrons. The lowest BCUT2D eigenvalue weighted by Crippen LogP contribution is -2.57. The van der Waals surface area contributed by atoms with E-state index in [1.165, 1.54) is 16.7 Å². The summed E-state index contributed by atoms with van der Waals surface area (Å²) in [6, 6.07) is 19.0. The molecule has 0 unspecified atom stereocenters. The van der Waals surface area contributed by atoms with Crippen molar-refractivity contribution in [2.24, 2.45) is 0 Å². The van der Waals surface area contributed by atoms with Gasteiger partial charge in [-0.1, -0.05) is 54.6 Å². The molecule has 0 N–H and O–H groups in total. The molecule has 2 aromatic carbocycles. The van der Waals surface area contributed by atoms with E-state index < -0.39 is 0 Å². The number of fused-ring (bicyclic) bond motifs is 2. The summed E-state index contributed by atoms with van der Waals surface area (Å²) in [5.41, 5.74) is 3.88. The van der Waals surface area contributed by atoms with Crippen LogP contribution in [0.5, 0.6) is 0 Å². The molecule has 0 bridgehead atoms. The monoisotopic (exact) mass is 378 g/mol. The van der Waals surface area contributed by atoms with Gasteiger partial charge < -0.3 is 14.5 Å². The maximum absolute atomic E-state index is 12.4. The van der Waals surface area contributed by atoms with Gasteiger partial charge in [-0.2, -0.15) is 0 Å². The van der Waals surface area contributed by atoms with Gasteiger partial charge >= 0.3 is 0 Å². The number of ether oxygens (including phenoxy) is 1. The molecular weight excluding hydrogens is 348 g/mol. The summed E-state index contributed by atoms with van der Waals surface area (Å²) in [5.74, 6) is 0.203. The van der Waals surface area contributed by atoms with E-state index in [1.807, 2.05) is 18.2 Å². The summed E-state index contributed by atoms with van der Waals surface area (Å²) in [5, 5.41) is 0. The second-order valence-corrected chi connectivity index (χ2v) is 7.99. The van der Waals surface area contributed by atoms with Crippen LogP contribution in [-0.4, -0.2) is 48.5 Å². The minimum absolute atomic E-state index is 0.123. The Kier molecular flexibility index (Phi) is 5.79. The second kappa shape index (κ2) is 8.46. The van der Waals surface area contributed by atoms with Crippen molar-refractivity contribution in [2.75, 3.05) is 32.8 Å². The molecular formula is C24H30N2O2. The first-order valence-electron chi connectivity index (χ1n) is 10.4. The lowest BCUT2D eigenvalue weighted by molar-refractivity contribution is -0.139. The Morgan fingerprint density at radius 3 is 2.46 bits per heavy atom. The molecule has 0 saturated carbocycles. The van der Waals surface area contributed by atoms with E-state index >= 15 is 0 Å².